The van der Waals surface area contributed by atoms with Crippen molar-refractivity contribution in [1.29, 1.82) is 0 Å². The number of ether oxygens (including phenoxy) is 2. The Labute approximate surface area is 272 Å². The fourth-order valence-corrected chi connectivity index (χ4v) is 11.9. The number of carbonyl (C=O) groups excluding carboxylic acids is 2. The van der Waals surface area contributed by atoms with Crippen LogP contribution in [0.4, 0.5) is 0 Å². The molecule has 0 aromatic heterocycles. The zero-order chi connectivity index (χ0) is 33.8. The van der Waals surface area contributed by atoms with Crippen molar-refractivity contribution in [3.05, 3.63) is 29.3 Å². The molecule has 5 aliphatic carbocycles. The Morgan fingerprint density at radius 1 is 0.913 bits per heavy atom. The number of carboxylic acids is 1. The van der Waals surface area contributed by atoms with Gasteiger partial charge in [-0.2, -0.15) is 0 Å². The van der Waals surface area contributed by atoms with Crippen LogP contribution >= 0.6 is 0 Å². The van der Waals surface area contributed by atoms with E-state index < -0.39 is 46.3 Å². The number of hydrogen-bond donors (Lipinski definition) is 3. The van der Waals surface area contributed by atoms with Gasteiger partial charge in [0.05, 0.1) is 12.7 Å². The fourth-order valence-electron chi connectivity index (χ4n) is 11.9. The summed E-state index contributed by atoms with van der Waals surface area (Å²) in [5.41, 5.74) is -1.00. The molecule has 3 unspecified atom stereocenters. The molecule has 4 fully saturated rings. The molecule has 0 bridgehead atoms. The molecule has 5 aliphatic rings. The number of hydrogen-bond acceptors (Lipinski definition) is 7. The predicted molar refractivity (Wildman–Crippen MR) is 173 cm³/mol. The normalized spacial score (nSPS) is 44.9. The van der Waals surface area contributed by atoms with E-state index in [-0.39, 0.29) is 39.3 Å². The van der Waals surface area contributed by atoms with Gasteiger partial charge in [-0.15, -0.1) is 0 Å². The largest absolute Gasteiger partial charge is 0.504 e. The van der Waals surface area contributed by atoms with Crippen LogP contribution in [-0.2, 0) is 14.3 Å². The first kappa shape index (κ1) is 32.9. The van der Waals surface area contributed by atoms with Gasteiger partial charge in [-0.3, -0.25) is 9.59 Å². The van der Waals surface area contributed by atoms with Gasteiger partial charge < -0.3 is 24.8 Å². The van der Waals surface area contributed by atoms with Crippen molar-refractivity contribution in [2.24, 2.45) is 56.7 Å². The number of allylic oxidation sites excluding steroid dienone is 2. The number of fused-ring (bicyclic) bond motifs is 7. The Kier molecular flexibility index (Phi) is 7.50. The molecule has 0 heterocycles. The maximum Gasteiger partial charge on any atom is 0.338 e. The summed E-state index contributed by atoms with van der Waals surface area (Å²) in [5.74, 6) is -2.06. The lowest BCUT2D eigenvalue weighted by molar-refractivity contribution is -0.215. The average molecular weight is 637 g/mol. The van der Waals surface area contributed by atoms with Crippen LogP contribution in [0, 0.1) is 56.7 Å². The summed E-state index contributed by atoms with van der Waals surface area (Å²) in [6.45, 7) is 15.7. The standard InChI is InChI=1S/C38H52O8/c1-20-9-12-34(3)15-16-36(5)23(29(34)21(20)2)19-25(40)31-35(4)13-11-28(38(7,33(43)44)27(35)10-14-37(31,36)6)46-32(42)22-17-24(39)30(41)26(18-22)45-8/h17-21,27-29,31,39,41H,9-16H2,1-8H3,(H,43,44)/t20-,21+,27?,28-,29?,31?,34-,35+,36-,37-,38-/m1/s1. The number of aromatic hydroxyl groups is 2. The molecule has 252 valence electrons. The highest BCUT2D eigenvalue weighted by Crippen LogP contribution is 2.75. The van der Waals surface area contributed by atoms with Crippen LogP contribution in [0.25, 0.3) is 0 Å². The summed E-state index contributed by atoms with van der Waals surface area (Å²) in [7, 11) is 1.30. The molecule has 1 aromatic carbocycles. The highest BCUT2D eigenvalue weighted by atomic mass is 16.5. The van der Waals surface area contributed by atoms with E-state index in [1.54, 1.807) is 6.92 Å². The number of carboxylic acid groups (broad SMARTS) is 1. The predicted octanol–water partition coefficient (Wildman–Crippen LogP) is 7.55. The molecule has 1 aromatic rings. The third-order valence-electron chi connectivity index (χ3n) is 15.0. The Hall–Kier alpha value is -3.03. The lowest BCUT2D eigenvalue weighted by atomic mass is 9.33. The number of phenols is 2. The average Bonchev–Trinajstić information content (AvgIpc) is 2.99. The van der Waals surface area contributed by atoms with Gasteiger partial charge in [0.2, 0.25) is 5.75 Å². The van der Waals surface area contributed by atoms with Crippen LogP contribution in [0.1, 0.15) is 110 Å². The van der Waals surface area contributed by atoms with Gasteiger partial charge in [0, 0.05) is 5.92 Å². The number of ketones is 1. The first-order chi connectivity index (χ1) is 21.4. The summed E-state index contributed by atoms with van der Waals surface area (Å²) in [6, 6.07) is 2.36. The first-order valence-electron chi connectivity index (χ1n) is 17.2. The van der Waals surface area contributed by atoms with Crippen LogP contribution in [-0.4, -0.2) is 46.3 Å². The minimum atomic E-state index is -1.43. The van der Waals surface area contributed by atoms with Crippen molar-refractivity contribution in [3.63, 3.8) is 0 Å². The lowest BCUT2D eigenvalue weighted by Gasteiger charge is -2.70. The maximum atomic E-state index is 14.6. The quantitative estimate of drug-likeness (QED) is 0.228. The van der Waals surface area contributed by atoms with Crippen LogP contribution < -0.4 is 4.74 Å². The number of esters is 1. The van der Waals surface area contributed by atoms with E-state index in [0.29, 0.717) is 37.0 Å². The van der Waals surface area contributed by atoms with Crippen LogP contribution in [0.2, 0.25) is 0 Å². The molecule has 0 radical (unpaired) electrons. The number of methoxy groups -OCH3 is 1. The Morgan fingerprint density at radius 3 is 2.26 bits per heavy atom. The summed E-state index contributed by atoms with van der Waals surface area (Å²) < 4.78 is 11.0. The molecule has 0 amide bonds. The third kappa shape index (κ3) is 4.19. The summed E-state index contributed by atoms with van der Waals surface area (Å²) in [4.78, 5) is 41.3. The van der Waals surface area contributed by atoms with Crippen molar-refractivity contribution in [2.75, 3.05) is 7.11 Å². The molecule has 4 saturated carbocycles. The molecular formula is C38H52O8. The van der Waals surface area contributed by atoms with E-state index in [4.69, 9.17) is 9.47 Å². The van der Waals surface area contributed by atoms with Crippen LogP contribution in [0.3, 0.4) is 0 Å². The van der Waals surface area contributed by atoms with Gasteiger partial charge in [-0.1, -0.05) is 47.1 Å². The van der Waals surface area contributed by atoms with Crippen molar-refractivity contribution < 1.29 is 39.2 Å². The minimum absolute atomic E-state index is 0.0481. The van der Waals surface area contributed by atoms with E-state index >= 15 is 0 Å². The van der Waals surface area contributed by atoms with Crippen LogP contribution in [0.15, 0.2) is 23.8 Å². The SMILES string of the molecule is COc1cc(C(=O)O[C@@H]2CC[C@@]3(C)C(CC[C@]4(C)C3C(=O)C=C3C5[C@@H](C)[C@H](C)CC[C@]5(C)CC[C@]34C)[C@@]2(C)C(=O)O)cc(O)c1O. The minimum Gasteiger partial charge on any atom is -0.504 e. The second-order valence-electron chi connectivity index (χ2n) is 16.9. The Morgan fingerprint density at radius 2 is 1.61 bits per heavy atom. The van der Waals surface area contributed by atoms with E-state index in [9.17, 15) is 29.7 Å². The maximum absolute atomic E-state index is 14.6. The van der Waals surface area contributed by atoms with E-state index in [1.165, 1.54) is 31.6 Å². The zero-order valence-corrected chi connectivity index (χ0v) is 28.7. The smallest absolute Gasteiger partial charge is 0.338 e. The summed E-state index contributed by atoms with van der Waals surface area (Å²) >= 11 is 0. The van der Waals surface area contributed by atoms with Gasteiger partial charge >= 0.3 is 11.9 Å². The monoisotopic (exact) mass is 636 g/mol. The second kappa shape index (κ2) is 10.5. The molecule has 46 heavy (non-hydrogen) atoms. The Bertz CT molecular complexity index is 1510. The Balaban J connectivity index is 1.37. The zero-order valence-electron chi connectivity index (χ0n) is 28.7. The van der Waals surface area contributed by atoms with E-state index in [0.717, 1.165) is 25.3 Å². The highest BCUT2D eigenvalue weighted by molar-refractivity contribution is 5.96. The van der Waals surface area contributed by atoms with Gasteiger partial charge in [0.25, 0.3) is 0 Å². The molecule has 11 atom stereocenters. The van der Waals surface area contributed by atoms with E-state index in [1.807, 2.05) is 6.08 Å². The van der Waals surface area contributed by atoms with Crippen LogP contribution in [0.5, 0.6) is 17.2 Å². The number of rotatable bonds is 4. The molecule has 6 rings (SSSR count). The van der Waals surface area contributed by atoms with Gasteiger partial charge in [-0.25, -0.2) is 4.79 Å². The van der Waals surface area contributed by atoms with Crippen molar-refractivity contribution in [2.45, 2.75) is 106 Å². The van der Waals surface area contributed by atoms with Gasteiger partial charge in [-0.05, 0) is 122 Å². The fraction of sp³-hybridized carbons (Fsp3) is 0.711. The highest BCUT2D eigenvalue weighted by Gasteiger charge is 2.72. The second-order valence-corrected chi connectivity index (χ2v) is 16.9. The van der Waals surface area contributed by atoms with Crippen molar-refractivity contribution in [1.82, 2.24) is 0 Å². The topological polar surface area (TPSA) is 130 Å². The summed E-state index contributed by atoms with van der Waals surface area (Å²) in [5, 5.41) is 31.0. The molecule has 3 N–H and O–H groups in total. The summed E-state index contributed by atoms with van der Waals surface area (Å²) in [6.07, 6.45) is 7.89. The van der Waals surface area contributed by atoms with Crippen molar-refractivity contribution in [3.8, 4) is 17.2 Å². The lowest BCUT2D eigenvalue weighted by Crippen LogP contribution is -2.68. The van der Waals surface area contributed by atoms with E-state index in [2.05, 4.69) is 41.5 Å². The molecular weight excluding hydrogens is 584 g/mol. The first-order valence-corrected chi connectivity index (χ1v) is 17.2. The van der Waals surface area contributed by atoms with Gasteiger partial charge in [0.15, 0.2) is 17.3 Å². The molecule has 0 saturated heterocycles. The number of phenolic OH excluding ortho intramolecular Hbond substituents is 2. The number of carbonyl (C=O) groups is 3. The number of benzene rings is 1. The molecule has 0 aliphatic heterocycles. The third-order valence-corrected chi connectivity index (χ3v) is 15.0. The molecule has 0 spiro atoms. The number of aliphatic carboxylic acids is 1. The van der Waals surface area contributed by atoms with Gasteiger partial charge in [0.1, 0.15) is 11.5 Å². The van der Waals surface area contributed by atoms with Crippen molar-refractivity contribution >= 4 is 17.7 Å². The molecule has 8 heteroatoms. The molecule has 8 nitrogen and oxygen atoms in total.